The topological polar surface area (TPSA) is 91.6 Å². The Hall–Kier alpha value is -1.82. The van der Waals surface area contributed by atoms with E-state index in [4.69, 9.17) is 9.52 Å². The van der Waals surface area contributed by atoms with Crippen molar-refractivity contribution >= 4 is 11.9 Å². The van der Waals surface area contributed by atoms with Crippen LogP contribution < -0.4 is 10.6 Å². The molecule has 1 rings (SSSR count). The van der Waals surface area contributed by atoms with E-state index in [0.717, 1.165) is 6.42 Å². The van der Waals surface area contributed by atoms with Crippen LogP contribution in [0.1, 0.15) is 41.6 Å². The smallest absolute Gasteiger partial charge is 0.372 e. The van der Waals surface area contributed by atoms with Gasteiger partial charge in [0.25, 0.3) is 0 Å². The molecule has 0 fully saturated rings. The van der Waals surface area contributed by atoms with Crippen LogP contribution in [0.5, 0.6) is 0 Å². The average Bonchev–Trinajstić information content (AvgIpc) is 2.73. The fourth-order valence-electron chi connectivity index (χ4n) is 1.61. The predicted octanol–water partition coefficient (Wildman–Crippen LogP) is 1.29. The summed E-state index contributed by atoms with van der Waals surface area (Å²) in [5, 5.41) is 14.7. The van der Waals surface area contributed by atoms with Crippen molar-refractivity contribution in [3.8, 4) is 0 Å². The highest BCUT2D eigenvalue weighted by atomic mass is 16.4. The van der Waals surface area contributed by atoms with Gasteiger partial charge in [-0.2, -0.15) is 0 Å². The third-order valence-electron chi connectivity index (χ3n) is 2.56. The third-order valence-corrected chi connectivity index (χ3v) is 2.56. The summed E-state index contributed by atoms with van der Waals surface area (Å²) >= 11 is 0. The van der Waals surface area contributed by atoms with E-state index in [2.05, 4.69) is 10.6 Å². The minimum absolute atomic E-state index is 0.0104. The quantitative estimate of drug-likeness (QED) is 0.618. The van der Waals surface area contributed by atoms with E-state index < -0.39 is 5.97 Å². The molecule has 0 aromatic carbocycles. The number of carbonyl (C=O) groups excluding carboxylic acids is 1. The fraction of sp³-hybridized carbons (Fsp3) is 0.538. The summed E-state index contributed by atoms with van der Waals surface area (Å²) in [6, 6.07) is 1.69. The van der Waals surface area contributed by atoms with Gasteiger partial charge in [-0.25, -0.2) is 4.79 Å². The molecule has 0 saturated heterocycles. The monoisotopic (exact) mass is 268 g/mol. The highest BCUT2D eigenvalue weighted by Gasteiger charge is 2.13. The Morgan fingerprint density at radius 3 is 2.68 bits per heavy atom. The summed E-state index contributed by atoms with van der Waals surface area (Å²) in [5.74, 6) is -0.528. The molecular weight excluding hydrogens is 248 g/mol. The number of aryl methyl sites for hydroxylation is 1. The number of hydrogen-bond acceptors (Lipinski definition) is 4. The second kappa shape index (κ2) is 7.58. The molecule has 0 bridgehead atoms. The Morgan fingerprint density at radius 2 is 2.11 bits per heavy atom. The Bertz CT molecular complexity index is 440. The first-order valence-electron chi connectivity index (χ1n) is 6.34. The van der Waals surface area contributed by atoms with E-state index in [1.165, 1.54) is 0 Å². The van der Waals surface area contributed by atoms with Gasteiger partial charge in [-0.1, -0.05) is 6.92 Å². The van der Waals surface area contributed by atoms with Crippen LogP contribution in [0, 0.1) is 6.92 Å². The normalized spacial score (nSPS) is 10.4. The zero-order chi connectivity index (χ0) is 14.3. The first kappa shape index (κ1) is 15.2. The van der Waals surface area contributed by atoms with Crippen molar-refractivity contribution in [1.29, 1.82) is 0 Å². The maximum Gasteiger partial charge on any atom is 0.372 e. The van der Waals surface area contributed by atoms with Gasteiger partial charge in [0.15, 0.2) is 0 Å². The van der Waals surface area contributed by atoms with Crippen LogP contribution in [0.4, 0.5) is 0 Å². The lowest BCUT2D eigenvalue weighted by molar-refractivity contribution is -0.121. The lowest BCUT2D eigenvalue weighted by Gasteiger charge is -2.04. The summed E-state index contributed by atoms with van der Waals surface area (Å²) in [7, 11) is 0. The maximum absolute atomic E-state index is 11.3. The number of rotatable bonds is 8. The molecule has 6 heteroatoms. The van der Waals surface area contributed by atoms with Crippen molar-refractivity contribution in [1.82, 2.24) is 10.6 Å². The number of carboxylic acids is 1. The van der Waals surface area contributed by atoms with E-state index in [9.17, 15) is 9.59 Å². The summed E-state index contributed by atoms with van der Waals surface area (Å²) < 4.78 is 5.19. The van der Waals surface area contributed by atoms with Gasteiger partial charge in [0.1, 0.15) is 5.76 Å². The highest BCUT2D eigenvalue weighted by Crippen LogP contribution is 2.14. The molecule has 0 aliphatic carbocycles. The van der Waals surface area contributed by atoms with E-state index >= 15 is 0 Å². The number of amides is 1. The maximum atomic E-state index is 11.3. The Morgan fingerprint density at radius 1 is 1.37 bits per heavy atom. The van der Waals surface area contributed by atoms with Crippen LogP contribution in [-0.2, 0) is 11.3 Å². The van der Waals surface area contributed by atoms with Crippen molar-refractivity contribution in [2.24, 2.45) is 0 Å². The largest absolute Gasteiger partial charge is 0.475 e. The Labute approximate surface area is 112 Å². The van der Waals surface area contributed by atoms with Crippen molar-refractivity contribution in [3.05, 3.63) is 23.2 Å². The molecule has 0 radical (unpaired) electrons. The minimum Gasteiger partial charge on any atom is -0.475 e. The molecule has 0 aliphatic heterocycles. The van der Waals surface area contributed by atoms with Crippen molar-refractivity contribution in [2.75, 3.05) is 13.1 Å². The van der Waals surface area contributed by atoms with Crippen LogP contribution in [0.15, 0.2) is 10.5 Å². The predicted molar refractivity (Wildman–Crippen MR) is 70.0 cm³/mol. The van der Waals surface area contributed by atoms with E-state index in [1.807, 2.05) is 6.92 Å². The molecular formula is C13H20N2O4. The standard InChI is InChI=1S/C13H20N2O4/c1-3-5-15-11(16)4-6-14-8-10-7-9(2)12(19-10)13(17)18/h7,14H,3-6,8H2,1-2H3,(H,15,16)(H,17,18). The molecule has 0 aliphatic rings. The molecule has 1 heterocycles. The zero-order valence-corrected chi connectivity index (χ0v) is 11.3. The first-order chi connectivity index (χ1) is 9.04. The van der Waals surface area contributed by atoms with Crippen LogP contribution in [0.3, 0.4) is 0 Å². The van der Waals surface area contributed by atoms with E-state index in [-0.39, 0.29) is 11.7 Å². The van der Waals surface area contributed by atoms with Gasteiger partial charge >= 0.3 is 5.97 Å². The summed E-state index contributed by atoms with van der Waals surface area (Å²) in [5.41, 5.74) is 0.602. The molecule has 106 valence electrons. The zero-order valence-electron chi connectivity index (χ0n) is 11.3. The molecule has 6 nitrogen and oxygen atoms in total. The van der Waals surface area contributed by atoms with Gasteiger partial charge in [-0.3, -0.25) is 4.79 Å². The van der Waals surface area contributed by atoms with Gasteiger partial charge in [0.05, 0.1) is 6.54 Å². The molecule has 1 aromatic heterocycles. The fourth-order valence-corrected chi connectivity index (χ4v) is 1.61. The van der Waals surface area contributed by atoms with Gasteiger partial charge in [0, 0.05) is 25.1 Å². The lowest BCUT2D eigenvalue weighted by Crippen LogP contribution is -2.27. The van der Waals surface area contributed by atoms with Crippen LogP contribution in [0.25, 0.3) is 0 Å². The SMILES string of the molecule is CCCNC(=O)CCNCc1cc(C)c(C(=O)O)o1. The first-order valence-corrected chi connectivity index (χ1v) is 6.34. The van der Waals surface area contributed by atoms with Crippen molar-refractivity contribution in [2.45, 2.75) is 33.2 Å². The van der Waals surface area contributed by atoms with Gasteiger partial charge in [-0.15, -0.1) is 0 Å². The molecule has 0 saturated carbocycles. The Balaban J connectivity index is 2.28. The lowest BCUT2D eigenvalue weighted by atomic mass is 10.2. The summed E-state index contributed by atoms with van der Waals surface area (Å²) in [6.07, 6.45) is 1.31. The van der Waals surface area contributed by atoms with Crippen molar-refractivity contribution in [3.63, 3.8) is 0 Å². The van der Waals surface area contributed by atoms with Gasteiger partial charge in [-0.05, 0) is 19.4 Å². The second-order valence-corrected chi connectivity index (χ2v) is 4.31. The van der Waals surface area contributed by atoms with Crippen LogP contribution in [-0.4, -0.2) is 30.1 Å². The molecule has 1 amide bonds. The molecule has 0 atom stereocenters. The van der Waals surface area contributed by atoms with E-state index in [0.29, 0.717) is 37.4 Å². The summed E-state index contributed by atoms with van der Waals surface area (Å²) in [4.78, 5) is 22.1. The van der Waals surface area contributed by atoms with Gasteiger partial charge in [0.2, 0.25) is 11.7 Å². The number of aromatic carboxylic acids is 1. The van der Waals surface area contributed by atoms with Crippen molar-refractivity contribution < 1.29 is 19.1 Å². The number of nitrogens with one attached hydrogen (secondary N) is 2. The van der Waals surface area contributed by atoms with Crippen LogP contribution >= 0.6 is 0 Å². The van der Waals surface area contributed by atoms with Crippen LogP contribution in [0.2, 0.25) is 0 Å². The number of carboxylic acid groups (broad SMARTS) is 1. The molecule has 19 heavy (non-hydrogen) atoms. The highest BCUT2D eigenvalue weighted by molar-refractivity contribution is 5.86. The number of carbonyl (C=O) groups is 2. The third kappa shape index (κ3) is 5.13. The van der Waals surface area contributed by atoms with E-state index in [1.54, 1.807) is 13.0 Å². The molecule has 1 aromatic rings. The average molecular weight is 268 g/mol. The molecule has 0 unspecified atom stereocenters. The minimum atomic E-state index is -1.07. The van der Waals surface area contributed by atoms with Gasteiger partial charge < -0.3 is 20.2 Å². The number of hydrogen-bond donors (Lipinski definition) is 3. The Kier molecular flexibility index (Phi) is 6.08. The summed E-state index contributed by atoms with van der Waals surface area (Å²) in [6.45, 7) is 5.32. The second-order valence-electron chi connectivity index (χ2n) is 4.31. The molecule has 0 spiro atoms. The number of furan rings is 1. The molecule has 3 N–H and O–H groups in total.